The van der Waals surface area contributed by atoms with Crippen LogP contribution in [0.5, 0.6) is 0 Å². The summed E-state index contributed by atoms with van der Waals surface area (Å²) in [4.78, 5) is 25.2. The van der Waals surface area contributed by atoms with Gasteiger partial charge in [0.25, 0.3) is 0 Å². The van der Waals surface area contributed by atoms with Crippen LogP contribution in [0.3, 0.4) is 0 Å². The Morgan fingerprint density at radius 2 is 1.78 bits per heavy atom. The second kappa shape index (κ2) is 11.6. The number of aromatic carboxylic acids is 1. The van der Waals surface area contributed by atoms with E-state index in [1.165, 1.54) is 5.56 Å². The van der Waals surface area contributed by atoms with E-state index in [1.807, 2.05) is 23.1 Å². The van der Waals surface area contributed by atoms with Gasteiger partial charge in [-0.2, -0.15) is 0 Å². The SMILES string of the molecule is C[C@@H](CCCc1ccccc1)[C@H](O)/C=C/[C@H]1CCC(=O)N1CCc1ccc(C(=O)O)cc1. The molecule has 170 valence electrons. The Morgan fingerprint density at radius 1 is 1.09 bits per heavy atom. The van der Waals surface area contributed by atoms with Crippen LogP contribution in [0.25, 0.3) is 0 Å². The van der Waals surface area contributed by atoms with Gasteiger partial charge in [0.1, 0.15) is 0 Å². The van der Waals surface area contributed by atoms with Gasteiger partial charge >= 0.3 is 5.97 Å². The molecule has 0 bridgehead atoms. The third-order valence-electron chi connectivity index (χ3n) is 6.30. The van der Waals surface area contributed by atoms with E-state index < -0.39 is 12.1 Å². The van der Waals surface area contributed by atoms with Crippen molar-refractivity contribution in [2.45, 2.75) is 57.6 Å². The lowest BCUT2D eigenvalue weighted by Crippen LogP contribution is -2.34. The van der Waals surface area contributed by atoms with Gasteiger partial charge in [-0.1, -0.05) is 61.5 Å². The largest absolute Gasteiger partial charge is 0.478 e. The number of rotatable bonds is 11. The number of benzene rings is 2. The number of amides is 1. The molecule has 1 aliphatic rings. The molecule has 32 heavy (non-hydrogen) atoms. The molecule has 0 radical (unpaired) electrons. The van der Waals surface area contributed by atoms with E-state index in [2.05, 4.69) is 31.2 Å². The van der Waals surface area contributed by atoms with Gasteiger partial charge in [-0.05, 0) is 61.3 Å². The summed E-state index contributed by atoms with van der Waals surface area (Å²) in [6.07, 6.45) is 8.27. The quantitative estimate of drug-likeness (QED) is 0.510. The van der Waals surface area contributed by atoms with Crippen LogP contribution in [0.1, 0.15) is 54.1 Å². The highest BCUT2D eigenvalue weighted by Gasteiger charge is 2.29. The van der Waals surface area contributed by atoms with Gasteiger partial charge in [0.05, 0.1) is 17.7 Å². The second-order valence-electron chi connectivity index (χ2n) is 8.68. The molecule has 2 aromatic rings. The van der Waals surface area contributed by atoms with Gasteiger partial charge in [0.15, 0.2) is 0 Å². The van der Waals surface area contributed by atoms with Crippen LogP contribution in [0.2, 0.25) is 0 Å². The van der Waals surface area contributed by atoms with E-state index in [0.717, 1.165) is 31.2 Å². The molecule has 2 N–H and O–H groups in total. The van der Waals surface area contributed by atoms with E-state index in [0.29, 0.717) is 19.4 Å². The third kappa shape index (κ3) is 6.79. The molecular formula is C27H33NO4. The minimum Gasteiger partial charge on any atom is -0.478 e. The second-order valence-corrected chi connectivity index (χ2v) is 8.68. The number of likely N-dealkylation sites (tertiary alicyclic amines) is 1. The Kier molecular flexibility index (Phi) is 8.63. The van der Waals surface area contributed by atoms with Gasteiger partial charge < -0.3 is 15.1 Å². The predicted octanol–water partition coefficient (Wildman–Crippen LogP) is 4.49. The topological polar surface area (TPSA) is 77.8 Å². The van der Waals surface area contributed by atoms with Gasteiger partial charge in [0.2, 0.25) is 5.91 Å². The number of aliphatic hydroxyl groups is 1. The first-order chi connectivity index (χ1) is 15.4. The first-order valence-electron chi connectivity index (χ1n) is 11.5. The molecule has 3 rings (SSSR count). The Bertz CT molecular complexity index is 907. The van der Waals surface area contributed by atoms with Crippen molar-refractivity contribution in [3.63, 3.8) is 0 Å². The molecule has 0 spiro atoms. The molecular weight excluding hydrogens is 402 g/mol. The number of carboxylic acids is 1. The van der Waals surface area contributed by atoms with E-state index >= 15 is 0 Å². The van der Waals surface area contributed by atoms with Crippen molar-refractivity contribution in [2.75, 3.05) is 6.54 Å². The van der Waals surface area contributed by atoms with Crippen LogP contribution in [0.4, 0.5) is 0 Å². The lowest BCUT2D eigenvalue weighted by Gasteiger charge is -2.23. The summed E-state index contributed by atoms with van der Waals surface area (Å²) in [5.41, 5.74) is 2.59. The molecule has 1 fully saturated rings. The lowest BCUT2D eigenvalue weighted by molar-refractivity contribution is -0.128. The molecule has 3 atom stereocenters. The fraction of sp³-hybridized carbons (Fsp3) is 0.407. The first-order valence-corrected chi connectivity index (χ1v) is 11.5. The molecule has 0 aromatic heterocycles. The Balaban J connectivity index is 1.47. The molecule has 2 aromatic carbocycles. The van der Waals surface area contributed by atoms with Crippen molar-refractivity contribution in [1.82, 2.24) is 4.90 Å². The predicted molar refractivity (Wildman–Crippen MR) is 126 cm³/mol. The average molecular weight is 436 g/mol. The van der Waals surface area contributed by atoms with Crippen LogP contribution in [-0.2, 0) is 17.6 Å². The van der Waals surface area contributed by atoms with Crippen molar-refractivity contribution < 1.29 is 19.8 Å². The zero-order chi connectivity index (χ0) is 22.9. The summed E-state index contributed by atoms with van der Waals surface area (Å²) in [5.74, 6) is -0.648. The van der Waals surface area contributed by atoms with Crippen molar-refractivity contribution in [1.29, 1.82) is 0 Å². The fourth-order valence-electron chi connectivity index (χ4n) is 4.19. The molecule has 5 nitrogen and oxygen atoms in total. The number of hydrogen-bond acceptors (Lipinski definition) is 3. The van der Waals surface area contributed by atoms with Crippen molar-refractivity contribution in [3.05, 3.63) is 83.4 Å². The fourth-order valence-corrected chi connectivity index (χ4v) is 4.19. The van der Waals surface area contributed by atoms with Crippen LogP contribution < -0.4 is 0 Å². The molecule has 1 amide bonds. The standard InChI is InChI=1S/C27H33NO4/c1-20(6-5-9-21-7-3-2-4-8-21)25(29)16-14-24-15-17-26(30)28(24)19-18-22-10-12-23(13-11-22)27(31)32/h2-4,7-8,10-14,16,20,24-25,29H,5-6,9,15,17-19H2,1H3,(H,31,32)/b16-14+/t20-,24-,25+/m0/s1. The normalized spacial score (nSPS) is 18.2. The smallest absolute Gasteiger partial charge is 0.335 e. The van der Waals surface area contributed by atoms with Gasteiger partial charge in [-0.3, -0.25) is 4.79 Å². The third-order valence-corrected chi connectivity index (χ3v) is 6.30. The number of aliphatic hydroxyl groups excluding tert-OH is 1. The number of hydrogen-bond donors (Lipinski definition) is 2. The maximum absolute atomic E-state index is 12.4. The lowest BCUT2D eigenvalue weighted by atomic mass is 9.95. The molecule has 1 saturated heterocycles. The van der Waals surface area contributed by atoms with Crippen LogP contribution >= 0.6 is 0 Å². The van der Waals surface area contributed by atoms with E-state index in [-0.39, 0.29) is 23.4 Å². The van der Waals surface area contributed by atoms with E-state index in [4.69, 9.17) is 5.11 Å². The highest BCUT2D eigenvalue weighted by Crippen LogP contribution is 2.22. The van der Waals surface area contributed by atoms with Gasteiger partial charge in [-0.25, -0.2) is 4.79 Å². The highest BCUT2D eigenvalue weighted by atomic mass is 16.4. The highest BCUT2D eigenvalue weighted by molar-refractivity contribution is 5.87. The molecule has 0 saturated carbocycles. The number of nitrogens with zero attached hydrogens (tertiary/aromatic N) is 1. The minimum absolute atomic E-state index is 0.00645. The Labute approximate surface area is 190 Å². The Hall–Kier alpha value is -2.92. The summed E-state index contributed by atoms with van der Waals surface area (Å²) in [6, 6.07) is 17.2. The summed E-state index contributed by atoms with van der Waals surface area (Å²) in [6.45, 7) is 2.65. The number of carbonyl (C=O) groups is 2. The van der Waals surface area contributed by atoms with Crippen molar-refractivity contribution in [3.8, 4) is 0 Å². The minimum atomic E-state index is -0.940. The van der Waals surface area contributed by atoms with Crippen LogP contribution in [0.15, 0.2) is 66.7 Å². The number of carbonyl (C=O) groups excluding carboxylic acids is 1. The summed E-state index contributed by atoms with van der Waals surface area (Å²) in [5, 5.41) is 19.6. The zero-order valence-corrected chi connectivity index (χ0v) is 18.7. The zero-order valence-electron chi connectivity index (χ0n) is 18.7. The average Bonchev–Trinajstić information content (AvgIpc) is 3.16. The monoisotopic (exact) mass is 435 g/mol. The molecule has 1 aliphatic heterocycles. The molecule has 5 heteroatoms. The maximum Gasteiger partial charge on any atom is 0.335 e. The number of carboxylic acid groups (broad SMARTS) is 1. The molecule has 0 aliphatic carbocycles. The summed E-state index contributed by atoms with van der Waals surface area (Å²) < 4.78 is 0. The molecule has 1 heterocycles. The maximum atomic E-state index is 12.4. The van der Waals surface area contributed by atoms with E-state index in [1.54, 1.807) is 24.3 Å². The number of aryl methyl sites for hydroxylation is 1. The molecule has 0 unspecified atom stereocenters. The van der Waals surface area contributed by atoms with Gasteiger partial charge in [0, 0.05) is 13.0 Å². The Morgan fingerprint density at radius 3 is 2.47 bits per heavy atom. The summed E-state index contributed by atoms with van der Waals surface area (Å²) >= 11 is 0. The van der Waals surface area contributed by atoms with Crippen LogP contribution in [0, 0.1) is 5.92 Å². The van der Waals surface area contributed by atoms with E-state index in [9.17, 15) is 14.7 Å². The van der Waals surface area contributed by atoms with Crippen molar-refractivity contribution >= 4 is 11.9 Å². The van der Waals surface area contributed by atoms with Crippen molar-refractivity contribution in [2.24, 2.45) is 5.92 Å². The summed E-state index contributed by atoms with van der Waals surface area (Å²) in [7, 11) is 0. The van der Waals surface area contributed by atoms with Gasteiger partial charge in [-0.15, -0.1) is 0 Å². The first kappa shape index (κ1) is 23.7. The van der Waals surface area contributed by atoms with Crippen LogP contribution in [-0.4, -0.2) is 45.7 Å².